The summed E-state index contributed by atoms with van der Waals surface area (Å²) in [7, 11) is 0. The summed E-state index contributed by atoms with van der Waals surface area (Å²) in [6.07, 6.45) is 2.00. The summed E-state index contributed by atoms with van der Waals surface area (Å²) < 4.78 is 13.8. The van der Waals surface area contributed by atoms with Crippen molar-refractivity contribution in [2.45, 2.75) is 25.3 Å². The molecule has 1 heterocycles. The van der Waals surface area contributed by atoms with Gasteiger partial charge in [0.25, 0.3) is 5.91 Å². The van der Waals surface area contributed by atoms with Crippen LogP contribution >= 0.6 is 15.9 Å². The molecule has 0 aromatic heterocycles. The van der Waals surface area contributed by atoms with E-state index in [0.29, 0.717) is 17.4 Å². The van der Waals surface area contributed by atoms with Gasteiger partial charge in [-0.3, -0.25) is 4.79 Å². The number of carboxylic acids is 1. The average molecular weight is 330 g/mol. The van der Waals surface area contributed by atoms with Crippen molar-refractivity contribution < 1.29 is 19.1 Å². The third-order valence-corrected chi connectivity index (χ3v) is 3.62. The molecule has 0 unspecified atom stereocenters. The van der Waals surface area contributed by atoms with Gasteiger partial charge in [-0.15, -0.1) is 0 Å². The normalized spacial score (nSPS) is 19.3. The van der Waals surface area contributed by atoms with Gasteiger partial charge in [0.2, 0.25) is 0 Å². The molecule has 0 bridgehead atoms. The Balaban J connectivity index is 2.28. The number of carbonyl (C=O) groups excluding carboxylic acids is 1. The third kappa shape index (κ3) is 3.12. The van der Waals surface area contributed by atoms with E-state index in [-0.39, 0.29) is 5.56 Å². The minimum Gasteiger partial charge on any atom is -0.480 e. The van der Waals surface area contributed by atoms with Crippen molar-refractivity contribution in [1.29, 1.82) is 0 Å². The highest BCUT2D eigenvalue weighted by Crippen LogP contribution is 2.22. The fourth-order valence-corrected chi connectivity index (χ4v) is 2.74. The van der Waals surface area contributed by atoms with Crippen molar-refractivity contribution in [3.63, 3.8) is 0 Å². The lowest BCUT2D eigenvalue weighted by Crippen LogP contribution is -2.48. The number of piperidine rings is 1. The Bertz CT molecular complexity index is 500. The van der Waals surface area contributed by atoms with E-state index in [1.807, 2.05) is 0 Å². The zero-order valence-corrected chi connectivity index (χ0v) is 11.7. The molecule has 0 aliphatic carbocycles. The number of rotatable bonds is 2. The van der Waals surface area contributed by atoms with Crippen molar-refractivity contribution in [2.24, 2.45) is 0 Å². The molecule has 1 fully saturated rings. The minimum absolute atomic E-state index is 0.167. The Labute approximate surface area is 118 Å². The first-order valence-corrected chi connectivity index (χ1v) is 6.78. The zero-order valence-electron chi connectivity index (χ0n) is 10.1. The molecule has 102 valence electrons. The molecule has 1 saturated heterocycles. The number of carboxylic acid groups (broad SMARTS) is 1. The third-order valence-electron chi connectivity index (χ3n) is 3.16. The Morgan fingerprint density at radius 2 is 2.05 bits per heavy atom. The molecule has 1 N–H and O–H groups in total. The van der Waals surface area contributed by atoms with Gasteiger partial charge >= 0.3 is 5.97 Å². The quantitative estimate of drug-likeness (QED) is 0.907. The van der Waals surface area contributed by atoms with Gasteiger partial charge < -0.3 is 10.0 Å². The Morgan fingerprint density at radius 1 is 1.32 bits per heavy atom. The molecule has 4 nitrogen and oxygen atoms in total. The molecular formula is C13H13BrFNO3. The van der Waals surface area contributed by atoms with Gasteiger partial charge in [0, 0.05) is 16.6 Å². The van der Waals surface area contributed by atoms with E-state index >= 15 is 0 Å². The summed E-state index contributed by atoms with van der Waals surface area (Å²) >= 11 is 3.12. The number of carbonyl (C=O) groups is 2. The van der Waals surface area contributed by atoms with E-state index in [1.165, 1.54) is 17.0 Å². The second-order valence-corrected chi connectivity index (χ2v) is 5.42. The lowest BCUT2D eigenvalue weighted by Gasteiger charge is -2.33. The smallest absolute Gasteiger partial charge is 0.326 e. The number of aliphatic carboxylic acids is 1. The Kier molecular flexibility index (Phi) is 4.19. The van der Waals surface area contributed by atoms with Crippen LogP contribution in [0.25, 0.3) is 0 Å². The largest absolute Gasteiger partial charge is 0.480 e. The number of likely N-dealkylation sites (tertiary alicyclic amines) is 1. The number of nitrogens with zero attached hydrogens (tertiary/aromatic N) is 1. The second kappa shape index (κ2) is 5.69. The highest BCUT2D eigenvalue weighted by molar-refractivity contribution is 9.10. The van der Waals surface area contributed by atoms with Crippen molar-refractivity contribution in [2.75, 3.05) is 6.54 Å². The molecule has 1 amide bonds. The van der Waals surface area contributed by atoms with E-state index in [1.54, 1.807) is 0 Å². The van der Waals surface area contributed by atoms with Crippen LogP contribution < -0.4 is 0 Å². The molecule has 1 aromatic carbocycles. The molecule has 6 heteroatoms. The molecule has 1 aliphatic rings. The van der Waals surface area contributed by atoms with Gasteiger partial charge in [-0.05, 0) is 37.5 Å². The predicted molar refractivity (Wildman–Crippen MR) is 70.4 cm³/mol. The van der Waals surface area contributed by atoms with Gasteiger partial charge in [0.15, 0.2) is 0 Å². The second-order valence-electron chi connectivity index (χ2n) is 4.51. The molecule has 2 rings (SSSR count). The summed E-state index contributed by atoms with van der Waals surface area (Å²) in [5.41, 5.74) is 0.167. The van der Waals surface area contributed by atoms with Crippen molar-refractivity contribution in [3.8, 4) is 0 Å². The highest BCUT2D eigenvalue weighted by Gasteiger charge is 2.32. The Hall–Kier alpha value is -1.43. The molecule has 0 spiro atoms. The maximum Gasteiger partial charge on any atom is 0.326 e. The maximum atomic E-state index is 13.3. The molecule has 19 heavy (non-hydrogen) atoms. The van der Waals surface area contributed by atoms with Crippen LogP contribution in [0.4, 0.5) is 4.39 Å². The number of hydrogen-bond donors (Lipinski definition) is 1. The van der Waals surface area contributed by atoms with E-state index in [4.69, 9.17) is 5.11 Å². The highest BCUT2D eigenvalue weighted by atomic mass is 79.9. The summed E-state index contributed by atoms with van der Waals surface area (Å²) in [4.78, 5) is 24.8. The first-order valence-electron chi connectivity index (χ1n) is 5.99. The van der Waals surface area contributed by atoms with E-state index in [9.17, 15) is 14.0 Å². The lowest BCUT2D eigenvalue weighted by atomic mass is 10.0. The van der Waals surface area contributed by atoms with Gasteiger partial charge in [-0.2, -0.15) is 0 Å². The monoisotopic (exact) mass is 329 g/mol. The summed E-state index contributed by atoms with van der Waals surface area (Å²) in [5.74, 6) is -1.97. The first-order chi connectivity index (χ1) is 8.99. The number of halogens is 2. The standard InChI is InChI=1S/C13H13BrFNO3/c14-9-5-8(6-10(15)7-9)12(17)16-4-2-1-3-11(16)13(18)19/h5-7,11H,1-4H2,(H,18,19)/t11-/m0/s1. The predicted octanol–water partition coefficient (Wildman–Crippen LogP) is 2.67. The fourth-order valence-electron chi connectivity index (χ4n) is 2.27. The van der Waals surface area contributed by atoms with Crippen LogP contribution in [-0.4, -0.2) is 34.5 Å². The number of amides is 1. The Morgan fingerprint density at radius 3 is 2.68 bits per heavy atom. The molecular weight excluding hydrogens is 317 g/mol. The van der Waals surface area contributed by atoms with Gasteiger partial charge in [-0.1, -0.05) is 15.9 Å². The van der Waals surface area contributed by atoms with E-state index in [0.717, 1.165) is 18.9 Å². The van der Waals surface area contributed by atoms with Crippen molar-refractivity contribution in [3.05, 3.63) is 34.1 Å². The van der Waals surface area contributed by atoms with Gasteiger partial charge in [0.1, 0.15) is 11.9 Å². The van der Waals surface area contributed by atoms with Crippen molar-refractivity contribution >= 4 is 27.8 Å². The topological polar surface area (TPSA) is 57.6 Å². The average Bonchev–Trinajstić information content (AvgIpc) is 2.36. The van der Waals surface area contributed by atoms with Crippen LogP contribution in [0.1, 0.15) is 29.6 Å². The SMILES string of the molecule is O=C(O)[C@@H]1CCCCN1C(=O)c1cc(F)cc(Br)c1. The summed E-state index contributed by atoms with van der Waals surface area (Å²) in [6.45, 7) is 0.393. The number of benzene rings is 1. The molecule has 0 saturated carbocycles. The summed E-state index contributed by atoms with van der Waals surface area (Å²) in [5, 5.41) is 9.14. The zero-order chi connectivity index (χ0) is 14.0. The molecule has 1 aliphatic heterocycles. The van der Waals surface area contributed by atoms with Gasteiger partial charge in [0.05, 0.1) is 0 Å². The number of hydrogen-bond acceptors (Lipinski definition) is 2. The fraction of sp³-hybridized carbons (Fsp3) is 0.385. The van der Waals surface area contributed by atoms with Crippen LogP contribution in [0.3, 0.4) is 0 Å². The first kappa shape index (κ1) is 14.0. The molecule has 1 atom stereocenters. The van der Waals surface area contributed by atoms with Crippen LogP contribution in [0.2, 0.25) is 0 Å². The maximum absolute atomic E-state index is 13.3. The van der Waals surface area contributed by atoms with Crippen LogP contribution in [0.15, 0.2) is 22.7 Å². The van der Waals surface area contributed by atoms with Crippen LogP contribution in [0, 0.1) is 5.82 Å². The van der Waals surface area contributed by atoms with Crippen LogP contribution in [-0.2, 0) is 4.79 Å². The lowest BCUT2D eigenvalue weighted by molar-refractivity contribution is -0.143. The van der Waals surface area contributed by atoms with Gasteiger partial charge in [-0.25, -0.2) is 9.18 Å². The van der Waals surface area contributed by atoms with Crippen molar-refractivity contribution in [1.82, 2.24) is 4.90 Å². The van der Waals surface area contributed by atoms with E-state index < -0.39 is 23.7 Å². The van der Waals surface area contributed by atoms with Crippen LogP contribution in [0.5, 0.6) is 0 Å². The minimum atomic E-state index is -1.01. The molecule has 1 aromatic rings. The van der Waals surface area contributed by atoms with E-state index in [2.05, 4.69) is 15.9 Å². The molecule has 0 radical (unpaired) electrons. The summed E-state index contributed by atoms with van der Waals surface area (Å²) in [6, 6.07) is 3.06.